The molecule has 2 aromatic carbocycles. The Hall–Kier alpha value is -1.20. The van der Waals surface area contributed by atoms with Gasteiger partial charge in [-0.25, -0.2) is 0 Å². The van der Waals surface area contributed by atoms with E-state index in [0.29, 0.717) is 12.3 Å². The van der Waals surface area contributed by atoms with E-state index in [9.17, 15) is 0 Å². The Morgan fingerprint density at radius 1 is 0.952 bits per heavy atom. The lowest BCUT2D eigenvalue weighted by Gasteiger charge is -2.14. The van der Waals surface area contributed by atoms with E-state index in [1.54, 1.807) is 14.2 Å². The van der Waals surface area contributed by atoms with E-state index in [-0.39, 0.29) is 0 Å². The molecule has 5 heteroatoms. The smallest absolute Gasteiger partial charge is 0.161 e. The van der Waals surface area contributed by atoms with Gasteiger partial charge >= 0.3 is 0 Å². The van der Waals surface area contributed by atoms with Crippen LogP contribution in [0.4, 0.5) is 5.69 Å². The van der Waals surface area contributed by atoms with Gasteiger partial charge in [0.05, 0.1) is 14.2 Å². The van der Waals surface area contributed by atoms with Crippen LogP contribution >= 0.6 is 31.9 Å². The molecule has 0 aliphatic heterocycles. The van der Waals surface area contributed by atoms with Crippen molar-refractivity contribution in [1.29, 1.82) is 0 Å². The van der Waals surface area contributed by atoms with E-state index in [1.807, 2.05) is 12.1 Å². The number of hydrogen-bond acceptors (Lipinski definition) is 3. The summed E-state index contributed by atoms with van der Waals surface area (Å²) in [6, 6.07) is 10.1. The SMILES string of the molecule is COc1cc(Br)c(CNc2ccc(C)cc2Br)cc1OC. The van der Waals surface area contributed by atoms with Crippen LogP contribution in [0.5, 0.6) is 11.5 Å². The fourth-order valence-corrected chi connectivity index (χ4v) is 3.08. The molecule has 3 nitrogen and oxygen atoms in total. The number of ether oxygens (including phenoxy) is 2. The third-order valence-electron chi connectivity index (χ3n) is 3.15. The molecule has 0 atom stereocenters. The van der Waals surface area contributed by atoms with E-state index < -0.39 is 0 Å². The van der Waals surface area contributed by atoms with Gasteiger partial charge < -0.3 is 14.8 Å². The summed E-state index contributed by atoms with van der Waals surface area (Å²) in [6.07, 6.45) is 0. The number of aryl methyl sites for hydroxylation is 1. The molecule has 0 saturated carbocycles. The molecule has 0 unspecified atom stereocenters. The number of anilines is 1. The second-order valence-corrected chi connectivity index (χ2v) is 6.34. The lowest BCUT2D eigenvalue weighted by atomic mass is 10.2. The Bertz CT molecular complexity index is 644. The number of halogens is 2. The van der Waals surface area contributed by atoms with Crippen molar-refractivity contribution in [1.82, 2.24) is 0 Å². The van der Waals surface area contributed by atoms with Crippen molar-refractivity contribution in [3.63, 3.8) is 0 Å². The standard InChI is InChI=1S/C16H17Br2NO2/c1-10-4-5-14(13(18)6-10)19-9-11-7-15(20-2)16(21-3)8-12(11)17/h4-8,19H,9H2,1-3H3. The van der Waals surface area contributed by atoms with Crippen LogP contribution in [-0.2, 0) is 6.54 Å². The van der Waals surface area contributed by atoms with Gasteiger partial charge in [-0.3, -0.25) is 0 Å². The monoisotopic (exact) mass is 413 g/mol. The summed E-state index contributed by atoms with van der Waals surface area (Å²) in [5.41, 5.74) is 3.38. The molecule has 0 spiro atoms. The van der Waals surface area contributed by atoms with Crippen molar-refractivity contribution in [3.8, 4) is 11.5 Å². The van der Waals surface area contributed by atoms with Crippen LogP contribution in [0.15, 0.2) is 39.3 Å². The zero-order valence-electron chi connectivity index (χ0n) is 12.2. The van der Waals surface area contributed by atoms with E-state index in [1.165, 1.54) is 5.56 Å². The number of methoxy groups -OCH3 is 2. The molecule has 0 radical (unpaired) electrons. The molecule has 112 valence electrons. The van der Waals surface area contributed by atoms with Crippen molar-refractivity contribution in [3.05, 3.63) is 50.4 Å². The van der Waals surface area contributed by atoms with Gasteiger partial charge in [-0.15, -0.1) is 0 Å². The van der Waals surface area contributed by atoms with Crippen LogP contribution < -0.4 is 14.8 Å². The number of rotatable bonds is 5. The van der Waals surface area contributed by atoms with Crippen LogP contribution in [0.3, 0.4) is 0 Å². The van der Waals surface area contributed by atoms with E-state index in [2.05, 4.69) is 62.3 Å². The van der Waals surface area contributed by atoms with Gasteiger partial charge in [0.1, 0.15) is 0 Å². The van der Waals surface area contributed by atoms with Crippen molar-refractivity contribution in [2.75, 3.05) is 19.5 Å². The molecule has 0 heterocycles. The summed E-state index contributed by atoms with van der Waals surface area (Å²) in [5.74, 6) is 1.44. The molecule has 2 rings (SSSR count). The van der Waals surface area contributed by atoms with Crippen molar-refractivity contribution in [2.45, 2.75) is 13.5 Å². The average Bonchev–Trinajstić information content (AvgIpc) is 2.47. The molecule has 0 amide bonds. The van der Waals surface area contributed by atoms with Gasteiger partial charge in [-0.1, -0.05) is 22.0 Å². The Morgan fingerprint density at radius 3 is 2.24 bits per heavy atom. The summed E-state index contributed by atoms with van der Waals surface area (Å²) in [4.78, 5) is 0. The van der Waals surface area contributed by atoms with Crippen molar-refractivity contribution < 1.29 is 9.47 Å². The molecule has 0 aliphatic carbocycles. The topological polar surface area (TPSA) is 30.5 Å². The Balaban J connectivity index is 2.19. The van der Waals surface area contributed by atoms with E-state index >= 15 is 0 Å². The minimum atomic E-state index is 0.683. The maximum atomic E-state index is 5.34. The maximum absolute atomic E-state index is 5.34. The highest BCUT2D eigenvalue weighted by atomic mass is 79.9. The molecular weight excluding hydrogens is 398 g/mol. The van der Waals surface area contributed by atoms with E-state index in [4.69, 9.17) is 9.47 Å². The molecule has 0 aliphatic rings. The molecule has 0 bridgehead atoms. The van der Waals surface area contributed by atoms with Gasteiger partial charge in [0.15, 0.2) is 11.5 Å². The van der Waals surface area contributed by atoms with Gasteiger partial charge in [0.2, 0.25) is 0 Å². The highest BCUT2D eigenvalue weighted by Gasteiger charge is 2.10. The summed E-state index contributed by atoms with van der Waals surface area (Å²) in [7, 11) is 3.27. The molecule has 21 heavy (non-hydrogen) atoms. The Labute approximate surface area is 141 Å². The first-order valence-electron chi connectivity index (χ1n) is 6.45. The maximum Gasteiger partial charge on any atom is 0.161 e. The Morgan fingerprint density at radius 2 is 1.62 bits per heavy atom. The molecule has 0 fully saturated rings. The number of hydrogen-bond donors (Lipinski definition) is 1. The minimum absolute atomic E-state index is 0.683. The van der Waals surface area contributed by atoms with Crippen molar-refractivity contribution >= 4 is 37.5 Å². The quantitative estimate of drug-likeness (QED) is 0.733. The number of nitrogens with one attached hydrogen (secondary N) is 1. The first-order valence-corrected chi connectivity index (χ1v) is 8.04. The average molecular weight is 415 g/mol. The lowest BCUT2D eigenvalue weighted by molar-refractivity contribution is 0.354. The third kappa shape index (κ3) is 3.92. The van der Waals surface area contributed by atoms with Crippen LogP contribution in [-0.4, -0.2) is 14.2 Å². The zero-order chi connectivity index (χ0) is 15.4. The molecule has 0 saturated heterocycles. The summed E-state index contributed by atoms with van der Waals surface area (Å²) in [6.45, 7) is 2.75. The third-order valence-corrected chi connectivity index (χ3v) is 4.54. The molecule has 2 aromatic rings. The summed E-state index contributed by atoms with van der Waals surface area (Å²) in [5, 5.41) is 3.41. The summed E-state index contributed by atoms with van der Waals surface area (Å²) < 4.78 is 12.7. The fourth-order valence-electron chi connectivity index (χ4n) is 1.99. The fraction of sp³-hybridized carbons (Fsp3) is 0.250. The van der Waals surface area contributed by atoms with Crippen LogP contribution in [0.2, 0.25) is 0 Å². The predicted octanol–water partition coefficient (Wildman–Crippen LogP) is 5.15. The highest BCUT2D eigenvalue weighted by Crippen LogP contribution is 2.34. The highest BCUT2D eigenvalue weighted by molar-refractivity contribution is 9.11. The van der Waals surface area contributed by atoms with E-state index in [0.717, 1.165) is 25.9 Å². The summed E-state index contributed by atoms with van der Waals surface area (Å²) >= 11 is 7.14. The van der Waals surface area contributed by atoms with Crippen molar-refractivity contribution in [2.24, 2.45) is 0 Å². The van der Waals surface area contributed by atoms with Gasteiger partial charge in [-0.05, 0) is 58.2 Å². The van der Waals surface area contributed by atoms with Gasteiger partial charge in [0.25, 0.3) is 0 Å². The molecule has 1 N–H and O–H groups in total. The van der Waals surface area contributed by atoms with Gasteiger partial charge in [-0.2, -0.15) is 0 Å². The second-order valence-electron chi connectivity index (χ2n) is 4.64. The lowest BCUT2D eigenvalue weighted by Crippen LogP contribution is -2.02. The van der Waals surface area contributed by atoms with Gasteiger partial charge in [0, 0.05) is 21.2 Å². The second kappa shape index (κ2) is 7.18. The van der Waals surface area contributed by atoms with Crippen LogP contribution in [0.1, 0.15) is 11.1 Å². The predicted molar refractivity (Wildman–Crippen MR) is 93.5 cm³/mol. The first kappa shape index (κ1) is 16.2. The minimum Gasteiger partial charge on any atom is -0.493 e. The first-order chi connectivity index (χ1) is 10.0. The normalized spacial score (nSPS) is 10.3. The zero-order valence-corrected chi connectivity index (χ0v) is 15.3. The number of benzene rings is 2. The van der Waals surface area contributed by atoms with Crippen LogP contribution in [0.25, 0.3) is 0 Å². The largest absolute Gasteiger partial charge is 0.493 e. The molecular formula is C16H17Br2NO2. The van der Waals surface area contributed by atoms with Crippen LogP contribution in [0, 0.1) is 6.92 Å². The Kier molecular flexibility index (Phi) is 5.53. The molecule has 0 aromatic heterocycles.